The number of aryl methyl sites for hydroxylation is 1. The summed E-state index contributed by atoms with van der Waals surface area (Å²) >= 11 is 0. The van der Waals surface area contributed by atoms with E-state index in [1.807, 2.05) is 0 Å². The van der Waals surface area contributed by atoms with E-state index in [1.165, 1.54) is 56.1 Å². The van der Waals surface area contributed by atoms with Crippen LogP contribution in [0.4, 0.5) is 0 Å². The van der Waals surface area contributed by atoms with Crippen LogP contribution >= 0.6 is 0 Å². The van der Waals surface area contributed by atoms with E-state index in [2.05, 4.69) is 43.6 Å². The summed E-state index contributed by atoms with van der Waals surface area (Å²) in [5, 5.41) is 0. The molecule has 19 heavy (non-hydrogen) atoms. The van der Waals surface area contributed by atoms with E-state index in [4.69, 9.17) is 4.84 Å². The normalized spacial score (nSPS) is 17.8. The number of hydrogen-bond acceptors (Lipinski definition) is 2. The van der Waals surface area contributed by atoms with Crippen LogP contribution in [-0.4, -0.2) is 6.10 Å². The molecule has 2 heteroatoms. The molecule has 1 aromatic rings. The minimum atomic E-state index is 0.265. The zero-order valence-corrected chi connectivity index (χ0v) is 12.3. The second-order valence-corrected chi connectivity index (χ2v) is 5.71. The van der Waals surface area contributed by atoms with Gasteiger partial charge in [-0.25, -0.2) is 0 Å². The van der Waals surface area contributed by atoms with Crippen molar-refractivity contribution >= 4 is 0 Å². The molecule has 1 atom stereocenters. The average Bonchev–Trinajstić information content (AvgIpc) is 2.96. The summed E-state index contributed by atoms with van der Waals surface area (Å²) in [5.41, 5.74) is 5.95. The summed E-state index contributed by atoms with van der Waals surface area (Å²) in [6.07, 6.45) is 9.18. The molecular formula is C17H27NO. The third-order valence-electron chi connectivity index (χ3n) is 4.01. The summed E-state index contributed by atoms with van der Waals surface area (Å²) in [7, 11) is 0. The predicted octanol–water partition coefficient (Wildman–Crippen LogP) is 4.55. The summed E-state index contributed by atoms with van der Waals surface area (Å²) in [4.78, 5) is 5.76. The average molecular weight is 261 g/mol. The van der Waals surface area contributed by atoms with Crippen molar-refractivity contribution in [3.8, 4) is 0 Å². The van der Waals surface area contributed by atoms with Gasteiger partial charge >= 0.3 is 0 Å². The summed E-state index contributed by atoms with van der Waals surface area (Å²) in [6, 6.07) is 9.21. The lowest BCUT2D eigenvalue weighted by atomic mass is 10.0. The van der Waals surface area contributed by atoms with Crippen LogP contribution in [0.15, 0.2) is 24.3 Å². The van der Waals surface area contributed by atoms with E-state index in [-0.39, 0.29) is 6.04 Å². The van der Waals surface area contributed by atoms with Crippen molar-refractivity contribution in [2.45, 2.75) is 70.9 Å². The number of nitrogens with one attached hydrogen (secondary N) is 1. The third-order valence-corrected chi connectivity index (χ3v) is 4.01. The molecule has 0 spiro atoms. The van der Waals surface area contributed by atoms with Crippen LogP contribution in [0, 0.1) is 0 Å². The Morgan fingerprint density at radius 1 is 1.21 bits per heavy atom. The molecule has 0 saturated heterocycles. The Balaban J connectivity index is 1.79. The van der Waals surface area contributed by atoms with Gasteiger partial charge in [0.05, 0.1) is 12.1 Å². The van der Waals surface area contributed by atoms with Gasteiger partial charge in [0.25, 0.3) is 0 Å². The predicted molar refractivity (Wildman–Crippen MR) is 79.9 cm³/mol. The highest BCUT2D eigenvalue weighted by Gasteiger charge is 2.16. The van der Waals surface area contributed by atoms with Crippen molar-refractivity contribution < 1.29 is 4.84 Å². The topological polar surface area (TPSA) is 21.3 Å². The molecule has 0 aliphatic heterocycles. The highest BCUT2D eigenvalue weighted by molar-refractivity contribution is 5.24. The van der Waals surface area contributed by atoms with Crippen LogP contribution in [0.1, 0.15) is 69.5 Å². The van der Waals surface area contributed by atoms with Gasteiger partial charge in [-0.2, -0.15) is 5.48 Å². The van der Waals surface area contributed by atoms with E-state index >= 15 is 0 Å². The number of unbranched alkanes of at least 4 members (excludes halogenated alkanes) is 1. The molecule has 0 aromatic heterocycles. The lowest BCUT2D eigenvalue weighted by Gasteiger charge is -2.18. The Hall–Kier alpha value is -0.860. The van der Waals surface area contributed by atoms with Gasteiger partial charge in [-0.15, -0.1) is 0 Å². The Kier molecular flexibility index (Phi) is 5.87. The quantitative estimate of drug-likeness (QED) is 0.727. The molecule has 1 aliphatic rings. The molecular weight excluding hydrogens is 234 g/mol. The van der Waals surface area contributed by atoms with Crippen LogP contribution < -0.4 is 5.48 Å². The van der Waals surface area contributed by atoms with Crippen molar-refractivity contribution in [2.24, 2.45) is 0 Å². The van der Waals surface area contributed by atoms with Crippen LogP contribution in [0.3, 0.4) is 0 Å². The second-order valence-electron chi connectivity index (χ2n) is 5.71. The Bertz CT molecular complexity index is 354. The van der Waals surface area contributed by atoms with Gasteiger partial charge in [-0.1, -0.05) is 50.5 Å². The van der Waals surface area contributed by atoms with Crippen LogP contribution in [-0.2, 0) is 11.3 Å². The fraction of sp³-hybridized carbons (Fsp3) is 0.647. The van der Waals surface area contributed by atoms with Crippen molar-refractivity contribution in [3.63, 3.8) is 0 Å². The highest BCUT2D eigenvalue weighted by Crippen LogP contribution is 2.21. The van der Waals surface area contributed by atoms with Crippen molar-refractivity contribution in [2.75, 3.05) is 0 Å². The van der Waals surface area contributed by atoms with E-state index < -0.39 is 0 Å². The molecule has 0 amide bonds. The molecule has 1 N–H and O–H groups in total. The Labute approximate surface area is 117 Å². The number of benzene rings is 1. The molecule has 2 nitrogen and oxygen atoms in total. The molecule has 2 rings (SSSR count). The van der Waals surface area contributed by atoms with Gasteiger partial charge < -0.3 is 0 Å². The van der Waals surface area contributed by atoms with Crippen LogP contribution in [0.25, 0.3) is 0 Å². The van der Waals surface area contributed by atoms with Crippen molar-refractivity contribution in [1.82, 2.24) is 5.48 Å². The first-order valence-electron chi connectivity index (χ1n) is 7.79. The SMILES string of the molecule is CCCCc1ccc(C(C)NOC2CCCC2)cc1. The maximum absolute atomic E-state index is 5.76. The first kappa shape index (κ1) is 14.5. The number of rotatable bonds is 7. The van der Waals surface area contributed by atoms with E-state index in [0.717, 1.165) is 0 Å². The molecule has 0 bridgehead atoms. The van der Waals surface area contributed by atoms with E-state index in [9.17, 15) is 0 Å². The lowest BCUT2D eigenvalue weighted by Crippen LogP contribution is -2.24. The monoisotopic (exact) mass is 261 g/mol. The zero-order valence-electron chi connectivity index (χ0n) is 12.3. The van der Waals surface area contributed by atoms with Crippen molar-refractivity contribution in [3.05, 3.63) is 35.4 Å². The second kappa shape index (κ2) is 7.66. The first-order chi connectivity index (χ1) is 9.29. The number of hydroxylamine groups is 1. The summed E-state index contributed by atoms with van der Waals surface area (Å²) < 4.78 is 0. The molecule has 106 valence electrons. The molecule has 1 aromatic carbocycles. The fourth-order valence-electron chi connectivity index (χ4n) is 2.63. The van der Waals surface area contributed by atoms with Gasteiger partial charge in [-0.05, 0) is 43.7 Å². The van der Waals surface area contributed by atoms with Gasteiger partial charge in [0.1, 0.15) is 0 Å². The smallest absolute Gasteiger partial charge is 0.0790 e. The summed E-state index contributed by atoms with van der Waals surface area (Å²) in [5.74, 6) is 0. The molecule has 1 saturated carbocycles. The fourth-order valence-corrected chi connectivity index (χ4v) is 2.63. The highest BCUT2D eigenvalue weighted by atomic mass is 16.7. The number of hydrogen-bond donors (Lipinski definition) is 1. The largest absolute Gasteiger partial charge is 0.298 e. The molecule has 1 aliphatic carbocycles. The molecule has 0 radical (unpaired) electrons. The molecule has 1 fully saturated rings. The van der Waals surface area contributed by atoms with Gasteiger partial charge in [0.15, 0.2) is 0 Å². The van der Waals surface area contributed by atoms with Crippen LogP contribution in [0.2, 0.25) is 0 Å². The van der Waals surface area contributed by atoms with Gasteiger partial charge in [0, 0.05) is 0 Å². The Morgan fingerprint density at radius 2 is 1.89 bits per heavy atom. The third kappa shape index (κ3) is 4.63. The maximum Gasteiger partial charge on any atom is 0.0790 e. The minimum Gasteiger partial charge on any atom is -0.298 e. The van der Waals surface area contributed by atoms with E-state index in [0.29, 0.717) is 6.10 Å². The van der Waals surface area contributed by atoms with Gasteiger partial charge in [-0.3, -0.25) is 4.84 Å². The zero-order chi connectivity index (χ0) is 13.5. The van der Waals surface area contributed by atoms with Crippen molar-refractivity contribution in [1.29, 1.82) is 0 Å². The van der Waals surface area contributed by atoms with E-state index in [1.54, 1.807) is 0 Å². The Morgan fingerprint density at radius 3 is 2.53 bits per heavy atom. The lowest BCUT2D eigenvalue weighted by molar-refractivity contribution is -0.0376. The molecule has 0 heterocycles. The van der Waals surface area contributed by atoms with Crippen LogP contribution in [0.5, 0.6) is 0 Å². The first-order valence-corrected chi connectivity index (χ1v) is 7.79. The van der Waals surface area contributed by atoms with Gasteiger partial charge in [0.2, 0.25) is 0 Å². The molecule has 1 unspecified atom stereocenters. The maximum atomic E-state index is 5.76. The minimum absolute atomic E-state index is 0.265. The summed E-state index contributed by atoms with van der Waals surface area (Å²) in [6.45, 7) is 4.40. The standard InChI is InChI=1S/C17H27NO/c1-3-4-7-15-10-12-16(13-11-15)14(2)18-19-17-8-5-6-9-17/h10-14,17-18H,3-9H2,1-2H3.